The lowest BCUT2D eigenvalue weighted by Crippen LogP contribution is -1.78. The maximum Gasteiger partial charge on any atom is 0.138 e. The van der Waals surface area contributed by atoms with Gasteiger partial charge < -0.3 is 5.11 Å². The number of aryl methyl sites for hydroxylation is 1. The number of hydrogen-bond donors (Lipinski definition) is 1. The third kappa shape index (κ3) is 1.84. The molecule has 0 saturated heterocycles. The van der Waals surface area contributed by atoms with E-state index in [0.29, 0.717) is 15.5 Å². The molecule has 12 heavy (non-hydrogen) atoms. The molecule has 0 aliphatic rings. The van der Waals surface area contributed by atoms with Crippen LogP contribution in [0.25, 0.3) is 0 Å². The third-order valence-electron chi connectivity index (χ3n) is 1.39. The minimum Gasteiger partial charge on any atom is -0.506 e. The highest BCUT2D eigenvalue weighted by atomic mass is 35.5. The Bertz CT molecular complexity index is 346. The van der Waals surface area contributed by atoms with E-state index in [-0.39, 0.29) is 5.75 Å². The molecule has 0 fully saturated rings. The number of phenols is 1. The van der Waals surface area contributed by atoms with Gasteiger partial charge in [0.25, 0.3) is 0 Å². The highest BCUT2D eigenvalue weighted by Crippen LogP contribution is 2.33. The number of halogens is 1. The Morgan fingerprint density at radius 1 is 1.58 bits per heavy atom. The largest absolute Gasteiger partial charge is 0.506 e. The average molecular weight is 200 g/mol. The van der Waals surface area contributed by atoms with Gasteiger partial charge >= 0.3 is 0 Å². The monoisotopic (exact) mass is 199 g/mol. The predicted octanol–water partition coefficient (Wildman–Crippen LogP) is 2.93. The summed E-state index contributed by atoms with van der Waals surface area (Å²) in [7, 11) is 0. The van der Waals surface area contributed by atoms with Crippen LogP contribution in [-0.2, 0) is 0 Å². The van der Waals surface area contributed by atoms with Crippen LogP contribution in [0.4, 0.5) is 0 Å². The van der Waals surface area contributed by atoms with Crippen LogP contribution in [0.5, 0.6) is 5.75 Å². The first-order valence-corrected chi connectivity index (χ1v) is 4.39. The van der Waals surface area contributed by atoms with Crippen molar-refractivity contribution in [1.82, 2.24) is 0 Å². The molecule has 4 heteroatoms. The fourth-order valence-electron chi connectivity index (χ4n) is 0.832. The Labute approximate surface area is 79.8 Å². The first-order chi connectivity index (χ1) is 5.65. The lowest BCUT2D eigenvalue weighted by Gasteiger charge is -2.03. The van der Waals surface area contributed by atoms with Gasteiger partial charge in [-0.2, -0.15) is 5.26 Å². The average Bonchev–Trinajstić information content (AvgIpc) is 2.00. The van der Waals surface area contributed by atoms with Crippen LogP contribution in [-0.4, -0.2) is 5.11 Å². The first kappa shape index (κ1) is 9.24. The van der Waals surface area contributed by atoms with E-state index in [1.165, 1.54) is 0 Å². The second kappa shape index (κ2) is 3.70. The van der Waals surface area contributed by atoms with Crippen molar-refractivity contribution in [2.24, 2.45) is 0 Å². The fourth-order valence-corrected chi connectivity index (χ4v) is 1.71. The number of thiocyanates is 1. The minimum atomic E-state index is 0.131. The Kier molecular flexibility index (Phi) is 2.85. The number of phenolic OH excluding ortho intramolecular Hbond substituents is 1. The quantitative estimate of drug-likeness (QED) is 0.559. The van der Waals surface area contributed by atoms with Crippen molar-refractivity contribution >= 4 is 23.4 Å². The molecular formula is C8H6ClNOS. The highest BCUT2D eigenvalue weighted by Gasteiger charge is 2.05. The Morgan fingerprint density at radius 2 is 2.25 bits per heavy atom. The molecule has 1 rings (SSSR count). The fraction of sp³-hybridized carbons (Fsp3) is 0.125. The number of benzene rings is 1. The molecular weight excluding hydrogens is 194 g/mol. The maximum absolute atomic E-state index is 9.42. The molecule has 0 bridgehead atoms. The molecule has 1 aromatic carbocycles. The molecule has 0 saturated carbocycles. The molecule has 0 atom stereocenters. The van der Waals surface area contributed by atoms with Crippen LogP contribution in [0.3, 0.4) is 0 Å². The van der Waals surface area contributed by atoms with Gasteiger partial charge in [-0.15, -0.1) is 0 Å². The molecule has 0 radical (unpaired) electrons. The minimum absolute atomic E-state index is 0.131. The lowest BCUT2D eigenvalue weighted by molar-refractivity contribution is 0.458. The summed E-state index contributed by atoms with van der Waals surface area (Å²) in [5, 5.41) is 20.2. The van der Waals surface area contributed by atoms with Crippen molar-refractivity contribution in [3.63, 3.8) is 0 Å². The third-order valence-corrected chi connectivity index (χ3v) is 2.23. The van der Waals surface area contributed by atoms with Crippen molar-refractivity contribution in [2.75, 3.05) is 0 Å². The van der Waals surface area contributed by atoms with Crippen molar-refractivity contribution in [2.45, 2.75) is 11.8 Å². The predicted molar refractivity (Wildman–Crippen MR) is 49.3 cm³/mol. The second-order valence-electron chi connectivity index (χ2n) is 2.26. The number of aromatic hydroxyl groups is 1. The first-order valence-electron chi connectivity index (χ1n) is 3.20. The van der Waals surface area contributed by atoms with Gasteiger partial charge in [0.2, 0.25) is 0 Å². The number of nitriles is 1. The van der Waals surface area contributed by atoms with Gasteiger partial charge in [0.05, 0.1) is 4.90 Å². The van der Waals surface area contributed by atoms with E-state index in [1.54, 1.807) is 19.1 Å². The summed E-state index contributed by atoms with van der Waals surface area (Å²) in [5.74, 6) is 0.131. The van der Waals surface area contributed by atoms with Gasteiger partial charge in [0.1, 0.15) is 11.2 Å². The number of thioether (sulfide) groups is 1. The molecule has 2 nitrogen and oxygen atoms in total. The van der Waals surface area contributed by atoms with Crippen LogP contribution in [0.2, 0.25) is 5.02 Å². The molecule has 1 N–H and O–H groups in total. The molecule has 0 aliphatic heterocycles. The normalized spacial score (nSPS) is 9.42. The number of rotatable bonds is 1. The molecule has 0 aliphatic carbocycles. The van der Waals surface area contributed by atoms with Gasteiger partial charge in [0.15, 0.2) is 0 Å². The van der Waals surface area contributed by atoms with E-state index in [4.69, 9.17) is 16.9 Å². The van der Waals surface area contributed by atoms with Crippen LogP contribution in [0.1, 0.15) is 5.56 Å². The summed E-state index contributed by atoms with van der Waals surface area (Å²) in [5.41, 5.74) is 0.681. The van der Waals surface area contributed by atoms with Crippen molar-refractivity contribution < 1.29 is 5.11 Å². The van der Waals surface area contributed by atoms with Gasteiger partial charge in [-0.05, 0) is 36.4 Å². The molecule has 62 valence electrons. The Morgan fingerprint density at radius 3 is 2.83 bits per heavy atom. The van der Waals surface area contributed by atoms with Crippen molar-refractivity contribution in [3.8, 4) is 11.2 Å². The zero-order valence-corrected chi connectivity index (χ0v) is 7.91. The molecule has 1 aromatic rings. The van der Waals surface area contributed by atoms with E-state index in [0.717, 1.165) is 11.8 Å². The SMILES string of the molecule is Cc1cc(Cl)cc(SC#N)c1O. The van der Waals surface area contributed by atoms with Crippen LogP contribution in [0.15, 0.2) is 17.0 Å². The summed E-state index contributed by atoms with van der Waals surface area (Å²) < 4.78 is 0. The Balaban J connectivity index is 3.20. The topological polar surface area (TPSA) is 44.0 Å². The van der Waals surface area contributed by atoms with E-state index >= 15 is 0 Å². The van der Waals surface area contributed by atoms with Crippen molar-refractivity contribution in [1.29, 1.82) is 5.26 Å². The van der Waals surface area contributed by atoms with E-state index < -0.39 is 0 Å². The number of nitrogens with zero attached hydrogens (tertiary/aromatic N) is 1. The summed E-state index contributed by atoms with van der Waals surface area (Å²) in [4.78, 5) is 0.502. The summed E-state index contributed by atoms with van der Waals surface area (Å²) in [6, 6.07) is 3.22. The van der Waals surface area contributed by atoms with Crippen LogP contribution >= 0.6 is 23.4 Å². The zero-order valence-electron chi connectivity index (χ0n) is 6.34. The van der Waals surface area contributed by atoms with Crippen LogP contribution in [0, 0.1) is 17.6 Å². The van der Waals surface area contributed by atoms with E-state index in [1.807, 2.05) is 5.40 Å². The van der Waals surface area contributed by atoms with Crippen LogP contribution < -0.4 is 0 Å². The smallest absolute Gasteiger partial charge is 0.138 e. The molecule has 0 unspecified atom stereocenters. The second-order valence-corrected chi connectivity index (χ2v) is 3.53. The molecule has 0 spiro atoms. The number of hydrogen-bond acceptors (Lipinski definition) is 3. The Hall–Kier alpha value is -0.850. The summed E-state index contributed by atoms with van der Waals surface area (Å²) in [6.07, 6.45) is 0. The zero-order chi connectivity index (χ0) is 9.14. The highest BCUT2D eigenvalue weighted by molar-refractivity contribution is 8.03. The maximum atomic E-state index is 9.42. The van der Waals surface area contributed by atoms with E-state index in [2.05, 4.69) is 0 Å². The van der Waals surface area contributed by atoms with Gasteiger partial charge in [-0.1, -0.05) is 11.6 Å². The summed E-state index contributed by atoms with van der Waals surface area (Å²) >= 11 is 6.63. The van der Waals surface area contributed by atoms with Gasteiger partial charge in [-0.3, -0.25) is 0 Å². The van der Waals surface area contributed by atoms with Gasteiger partial charge in [-0.25, -0.2) is 0 Å². The molecule has 0 heterocycles. The van der Waals surface area contributed by atoms with E-state index in [9.17, 15) is 5.11 Å². The molecule has 0 amide bonds. The van der Waals surface area contributed by atoms with Crippen molar-refractivity contribution in [3.05, 3.63) is 22.7 Å². The molecule has 0 aromatic heterocycles. The lowest BCUT2D eigenvalue weighted by atomic mass is 10.2. The summed E-state index contributed by atoms with van der Waals surface area (Å²) in [6.45, 7) is 1.74. The standard InChI is InChI=1S/C8H6ClNOS/c1-5-2-6(9)3-7(8(5)11)12-4-10/h2-3,11H,1H3. The van der Waals surface area contributed by atoms with Gasteiger partial charge in [0, 0.05) is 5.02 Å².